The van der Waals surface area contributed by atoms with Gasteiger partial charge < -0.3 is 19.9 Å². The lowest BCUT2D eigenvalue weighted by Gasteiger charge is -2.27. The van der Waals surface area contributed by atoms with E-state index in [1.165, 1.54) is 0 Å². The Morgan fingerprint density at radius 1 is 1.30 bits per heavy atom. The molecular weight excluding hydrogens is 362 g/mol. The summed E-state index contributed by atoms with van der Waals surface area (Å²) in [5, 5.41) is 12.5. The highest BCUT2D eigenvalue weighted by Crippen LogP contribution is 2.14. The first-order valence-corrected chi connectivity index (χ1v) is 8.54. The van der Waals surface area contributed by atoms with E-state index in [4.69, 9.17) is 9.47 Å². The van der Waals surface area contributed by atoms with Crippen molar-refractivity contribution in [2.45, 2.75) is 56.9 Å². The van der Waals surface area contributed by atoms with Crippen molar-refractivity contribution in [3.63, 3.8) is 0 Å². The van der Waals surface area contributed by atoms with E-state index in [0.29, 0.717) is 6.61 Å². The molecule has 1 rings (SSSR count). The molecular formula is C17H26BrNO4. The fourth-order valence-electron chi connectivity index (χ4n) is 1.89. The molecule has 0 aliphatic heterocycles. The normalized spacial score (nSPS) is 15.6. The minimum Gasteiger partial charge on any atom is -0.444 e. The smallest absolute Gasteiger partial charge is 0.407 e. The minimum atomic E-state index is -0.643. The van der Waals surface area contributed by atoms with Crippen LogP contribution in [0.2, 0.25) is 0 Å². The monoisotopic (exact) mass is 387 g/mol. The Kier molecular flexibility index (Phi) is 8.02. The third-order valence-electron chi connectivity index (χ3n) is 2.96. The molecule has 3 atom stereocenters. The van der Waals surface area contributed by atoms with Crippen LogP contribution in [0.25, 0.3) is 0 Å². The Morgan fingerprint density at radius 3 is 2.43 bits per heavy atom. The van der Waals surface area contributed by atoms with E-state index >= 15 is 0 Å². The second kappa shape index (κ2) is 9.25. The number of ether oxygens (including phenoxy) is 2. The van der Waals surface area contributed by atoms with Crippen molar-refractivity contribution < 1.29 is 19.4 Å². The van der Waals surface area contributed by atoms with Crippen LogP contribution in [0, 0.1) is 0 Å². The van der Waals surface area contributed by atoms with Crippen molar-refractivity contribution in [1.29, 1.82) is 0 Å². The number of rotatable bonds is 7. The van der Waals surface area contributed by atoms with Gasteiger partial charge in [-0.15, -0.1) is 0 Å². The molecule has 0 spiro atoms. The number of alkyl halides is 1. The summed E-state index contributed by atoms with van der Waals surface area (Å²) in [6.07, 6.45) is -1.17. The number of alkyl carbamates (subject to hydrolysis) is 1. The fraction of sp³-hybridized carbons (Fsp3) is 0.588. The highest BCUT2D eigenvalue weighted by atomic mass is 79.9. The number of nitrogens with one attached hydrogen (secondary N) is 1. The summed E-state index contributed by atoms with van der Waals surface area (Å²) in [4.78, 5) is 11.6. The largest absolute Gasteiger partial charge is 0.444 e. The predicted octanol–water partition coefficient (Wildman–Crippen LogP) is 3.24. The van der Waals surface area contributed by atoms with Gasteiger partial charge in [-0.3, -0.25) is 0 Å². The molecule has 0 aliphatic rings. The number of benzene rings is 1. The Balaban J connectivity index is 2.57. The Labute approximate surface area is 146 Å². The van der Waals surface area contributed by atoms with Crippen LogP contribution in [0.5, 0.6) is 0 Å². The number of carbonyl (C=O) groups is 1. The average Bonchev–Trinajstić information content (AvgIpc) is 2.44. The molecule has 0 saturated heterocycles. The van der Waals surface area contributed by atoms with Crippen LogP contribution in [0.1, 0.15) is 33.3 Å². The Morgan fingerprint density at radius 2 is 1.91 bits per heavy atom. The Hall–Kier alpha value is -1.11. The fourth-order valence-corrected chi connectivity index (χ4v) is 2.17. The quantitative estimate of drug-likeness (QED) is 0.704. The zero-order chi connectivity index (χ0) is 17.5. The summed E-state index contributed by atoms with van der Waals surface area (Å²) in [6.45, 7) is 7.75. The summed E-state index contributed by atoms with van der Waals surface area (Å²) in [5.41, 5.74) is 0.471. The highest BCUT2D eigenvalue weighted by Gasteiger charge is 2.27. The molecule has 1 amide bonds. The van der Waals surface area contributed by atoms with E-state index in [2.05, 4.69) is 21.2 Å². The van der Waals surface area contributed by atoms with E-state index in [1.54, 1.807) is 27.7 Å². The summed E-state index contributed by atoms with van der Waals surface area (Å²) in [7, 11) is 0. The maximum Gasteiger partial charge on any atom is 0.407 e. The summed E-state index contributed by atoms with van der Waals surface area (Å²) in [6, 6.07) is 9.36. The number of amides is 1. The number of aliphatic hydroxyl groups excluding tert-OH is 1. The first kappa shape index (κ1) is 19.9. The molecule has 1 aromatic rings. The van der Waals surface area contributed by atoms with Crippen LogP contribution in [0.4, 0.5) is 4.79 Å². The van der Waals surface area contributed by atoms with Gasteiger partial charge in [0, 0.05) is 0 Å². The topological polar surface area (TPSA) is 67.8 Å². The molecule has 1 unspecified atom stereocenters. The van der Waals surface area contributed by atoms with E-state index in [0.717, 1.165) is 5.56 Å². The number of hydrogen-bond acceptors (Lipinski definition) is 4. The van der Waals surface area contributed by atoms with Gasteiger partial charge in [0.05, 0.1) is 30.2 Å². The predicted molar refractivity (Wildman–Crippen MR) is 93.7 cm³/mol. The van der Waals surface area contributed by atoms with E-state index < -0.39 is 23.8 Å². The number of halogens is 1. The van der Waals surface area contributed by atoms with Crippen molar-refractivity contribution in [2.24, 2.45) is 0 Å². The van der Waals surface area contributed by atoms with E-state index in [1.807, 2.05) is 30.3 Å². The lowest BCUT2D eigenvalue weighted by atomic mass is 10.1. The molecule has 0 saturated carbocycles. The molecule has 0 bridgehead atoms. The van der Waals surface area contributed by atoms with Crippen LogP contribution >= 0.6 is 15.9 Å². The molecule has 5 nitrogen and oxygen atoms in total. The zero-order valence-corrected chi connectivity index (χ0v) is 15.7. The van der Waals surface area contributed by atoms with Crippen molar-refractivity contribution >= 4 is 22.0 Å². The molecule has 0 radical (unpaired) electrons. The molecule has 0 fully saturated rings. The molecule has 1 aromatic carbocycles. The zero-order valence-electron chi connectivity index (χ0n) is 14.1. The maximum absolute atomic E-state index is 11.9. The van der Waals surface area contributed by atoms with Crippen molar-refractivity contribution in [3.8, 4) is 0 Å². The van der Waals surface area contributed by atoms with Crippen molar-refractivity contribution in [2.75, 3.05) is 6.61 Å². The summed E-state index contributed by atoms with van der Waals surface area (Å²) in [5.74, 6) is 0. The molecule has 6 heteroatoms. The number of carbonyl (C=O) groups excluding carboxylic acids is 1. The third kappa shape index (κ3) is 8.34. The SMILES string of the molecule is CC(O)[C@H](Br)[C@@H](COCc1ccccc1)NC(=O)OC(C)(C)C. The standard InChI is InChI=1S/C17H26BrNO4/c1-12(20)15(18)14(19-16(21)23-17(2,3)4)11-22-10-13-8-6-5-7-9-13/h5-9,12,14-15,20H,10-11H2,1-4H3,(H,19,21)/t12?,14-,15+/m1/s1. The average molecular weight is 388 g/mol. The van der Waals surface area contributed by atoms with Crippen LogP contribution in [0.3, 0.4) is 0 Å². The second-order valence-corrected chi connectivity index (χ2v) is 7.50. The molecule has 130 valence electrons. The van der Waals surface area contributed by atoms with Crippen LogP contribution in [-0.4, -0.2) is 40.4 Å². The molecule has 23 heavy (non-hydrogen) atoms. The first-order valence-electron chi connectivity index (χ1n) is 7.62. The van der Waals surface area contributed by atoms with Gasteiger partial charge in [-0.2, -0.15) is 0 Å². The van der Waals surface area contributed by atoms with Gasteiger partial charge in [0.15, 0.2) is 0 Å². The van der Waals surface area contributed by atoms with E-state index in [9.17, 15) is 9.90 Å². The molecule has 2 N–H and O–H groups in total. The van der Waals surface area contributed by atoms with Crippen LogP contribution < -0.4 is 5.32 Å². The number of hydrogen-bond donors (Lipinski definition) is 2. The van der Waals surface area contributed by atoms with Gasteiger partial charge in [-0.1, -0.05) is 46.3 Å². The minimum absolute atomic E-state index is 0.259. The molecule has 0 aliphatic carbocycles. The van der Waals surface area contributed by atoms with Gasteiger partial charge in [0.25, 0.3) is 0 Å². The summed E-state index contributed by atoms with van der Waals surface area (Å²) >= 11 is 3.40. The highest BCUT2D eigenvalue weighted by molar-refractivity contribution is 9.09. The molecule has 0 heterocycles. The van der Waals surface area contributed by atoms with Crippen LogP contribution in [-0.2, 0) is 16.1 Å². The molecule has 0 aromatic heterocycles. The summed E-state index contributed by atoms with van der Waals surface area (Å²) < 4.78 is 10.9. The maximum atomic E-state index is 11.9. The van der Waals surface area contributed by atoms with Crippen LogP contribution in [0.15, 0.2) is 30.3 Å². The lowest BCUT2D eigenvalue weighted by molar-refractivity contribution is 0.0392. The van der Waals surface area contributed by atoms with Crippen molar-refractivity contribution in [1.82, 2.24) is 5.32 Å². The Bertz CT molecular complexity index is 473. The second-order valence-electron chi connectivity index (χ2n) is 6.44. The van der Waals surface area contributed by atoms with Gasteiger partial charge in [0.1, 0.15) is 5.60 Å². The van der Waals surface area contributed by atoms with E-state index in [-0.39, 0.29) is 11.4 Å². The van der Waals surface area contributed by atoms with Gasteiger partial charge in [-0.05, 0) is 33.3 Å². The van der Waals surface area contributed by atoms with Gasteiger partial charge in [-0.25, -0.2) is 4.79 Å². The van der Waals surface area contributed by atoms with Gasteiger partial charge in [0.2, 0.25) is 0 Å². The lowest BCUT2D eigenvalue weighted by Crippen LogP contribution is -2.49. The van der Waals surface area contributed by atoms with Crippen molar-refractivity contribution in [3.05, 3.63) is 35.9 Å². The number of aliphatic hydroxyl groups is 1. The van der Waals surface area contributed by atoms with Gasteiger partial charge >= 0.3 is 6.09 Å². The third-order valence-corrected chi connectivity index (χ3v) is 4.36. The first-order chi connectivity index (χ1) is 10.7.